The molecule has 1 aromatic rings. The van der Waals surface area contributed by atoms with E-state index in [9.17, 15) is 9.59 Å². The van der Waals surface area contributed by atoms with Crippen molar-refractivity contribution in [1.29, 1.82) is 0 Å². The maximum Gasteiger partial charge on any atom is 0.255 e. The minimum Gasteiger partial charge on any atom is -0.355 e. The first kappa shape index (κ1) is 19.9. The fourth-order valence-corrected chi connectivity index (χ4v) is 4.78. The highest BCUT2D eigenvalue weighted by Gasteiger charge is 2.31. The van der Waals surface area contributed by atoms with Crippen molar-refractivity contribution < 1.29 is 9.59 Å². The van der Waals surface area contributed by atoms with E-state index in [-0.39, 0.29) is 17.7 Å². The van der Waals surface area contributed by atoms with Gasteiger partial charge in [-0.3, -0.25) is 9.59 Å². The molecular weight excluding hydrogens is 340 g/mol. The van der Waals surface area contributed by atoms with Gasteiger partial charge in [-0.05, 0) is 45.6 Å². The summed E-state index contributed by atoms with van der Waals surface area (Å²) in [6, 6.07) is 2.57. The zero-order valence-electron chi connectivity index (χ0n) is 16.8. The lowest BCUT2D eigenvalue weighted by Gasteiger charge is -2.32. The second kappa shape index (κ2) is 8.91. The summed E-state index contributed by atoms with van der Waals surface area (Å²) in [6.07, 6.45) is 7.99. The molecule has 2 amide bonds. The normalized spacial score (nSPS) is 21.3. The molecule has 6 heteroatoms. The van der Waals surface area contributed by atoms with Crippen LogP contribution in [0.25, 0.3) is 0 Å². The number of amides is 2. The molecule has 150 valence electrons. The fraction of sp³-hybridized carbons (Fsp3) is 0.714. The van der Waals surface area contributed by atoms with Gasteiger partial charge in [0.1, 0.15) is 0 Å². The minimum atomic E-state index is -0.129. The number of aromatic nitrogens is 1. The highest BCUT2D eigenvalue weighted by Crippen LogP contribution is 2.32. The molecule has 1 aromatic heterocycles. The molecule has 1 saturated heterocycles. The smallest absolute Gasteiger partial charge is 0.255 e. The van der Waals surface area contributed by atoms with Gasteiger partial charge in [0.25, 0.3) is 5.91 Å². The molecule has 1 unspecified atom stereocenters. The first-order valence-corrected chi connectivity index (χ1v) is 10.5. The summed E-state index contributed by atoms with van der Waals surface area (Å²) in [5.41, 5.74) is 8.54. The largest absolute Gasteiger partial charge is 0.355 e. The predicted octanol–water partition coefficient (Wildman–Crippen LogP) is 2.54. The Morgan fingerprint density at radius 2 is 1.89 bits per heavy atom. The molecule has 1 saturated carbocycles. The van der Waals surface area contributed by atoms with Crippen molar-refractivity contribution in [1.82, 2.24) is 14.8 Å². The summed E-state index contributed by atoms with van der Waals surface area (Å²) in [5.74, 6) is -0.0387. The van der Waals surface area contributed by atoms with Crippen molar-refractivity contribution in [3.8, 4) is 0 Å². The first-order chi connectivity index (χ1) is 13.0. The van der Waals surface area contributed by atoms with E-state index in [1.54, 1.807) is 0 Å². The molecule has 2 fully saturated rings. The van der Waals surface area contributed by atoms with E-state index in [0.29, 0.717) is 25.7 Å². The highest BCUT2D eigenvalue weighted by atomic mass is 16.2. The molecule has 0 radical (unpaired) electrons. The molecule has 2 aliphatic rings. The second-order valence-electron chi connectivity index (χ2n) is 8.12. The summed E-state index contributed by atoms with van der Waals surface area (Å²) in [4.78, 5) is 27.4. The van der Waals surface area contributed by atoms with E-state index in [4.69, 9.17) is 5.73 Å². The fourth-order valence-electron chi connectivity index (χ4n) is 4.78. The van der Waals surface area contributed by atoms with Crippen LogP contribution in [0.3, 0.4) is 0 Å². The lowest BCUT2D eigenvalue weighted by Crippen LogP contribution is -2.46. The topological polar surface area (TPSA) is 80.4 Å². The number of carbonyl (C=O) groups excluding carboxylic acids is 2. The van der Waals surface area contributed by atoms with Crippen molar-refractivity contribution in [3.63, 3.8) is 0 Å². The van der Waals surface area contributed by atoms with Crippen molar-refractivity contribution in [2.45, 2.75) is 64.8 Å². The lowest BCUT2D eigenvalue weighted by molar-refractivity contribution is -0.126. The Hall–Kier alpha value is -1.82. The number of hydrogen-bond acceptors (Lipinski definition) is 3. The first-order valence-electron chi connectivity index (χ1n) is 10.5. The number of nitrogens with two attached hydrogens (primary N) is 1. The molecule has 0 bridgehead atoms. The van der Waals surface area contributed by atoms with Gasteiger partial charge in [0, 0.05) is 43.6 Å². The van der Waals surface area contributed by atoms with Crippen LogP contribution >= 0.6 is 0 Å². The van der Waals surface area contributed by atoms with E-state index < -0.39 is 0 Å². The van der Waals surface area contributed by atoms with Crippen LogP contribution in [0.1, 0.15) is 72.7 Å². The molecule has 6 nitrogen and oxygen atoms in total. The third-order valence-electron chi connectivity index (χ3n) is 6.18. The Morgan fingerprint density at radius 3 is 2.59 bits per heavy atom. The molecule has 27 heavy (non-hydrogen) atoms. The molecule has 1 aliphatic heterocycles. The van der Waals surface area contributed by atoms with Crippen LogP contribution in [0.4, 0.5) is 0 Å². The van der Waals surface area contributed by atoms with Gasteiger partial charge in [-0.25, -0.2) is 0 Å². The van der Waals surface area contributed by atoms with Crippen LogP contribution in [0.2, 0.25) is 0 Å². The molecule has 0 spiro atoms. The molecule has 1 atom stereocenters. The number of piperidine rings is 1. The zero-order valence-corrected chi connectivity index (χ0v) is 16.8. The molecule has 0 aromatic carbocycles. The minimum absolute atomic E-state index is 0.0191. The van der Waals surface area contributed by atoms with E-state index in [1.807, 2.05) is 11.0 Å². The maximum absolute atomic E-state index is 13.2. The van der Waals surface area contributed by atoms with Crippen LogP contribution in [0.5, 0.6) is 0 Å². The van der Waals surface area contributed by atoms with Gasteiger partial charge >= 0.3 is 0 Å². The van der Waals surface area contributed by atoms with E-state index in [2.05, 4.69) is 23.7 Å². The zero-order chi connectivity index (χ0) is 19.4. The highest BCUT2D eigenvalue weighted by molar-refractivity contribution is 5.96. The number of carbonyl (C=O) groups is 2. The van der Waals surface area contributed by atoms with Crippen LogP contribution in [0.15, 0.2) is 6.07 Å². The van der Waals surface area contributed by atoms with Crippen LogP contribution in [0, 0.1) is 19.8 Å². The third kappa shape index (κ3) is 4.37. The lowest BCUT2D eigenvalue weighted by atomic mass is 9.95. The Morgan fingerprint density at radius 1 is 1.15 bits per heavy atom. The molecule has 3 rings (SSSR count). The predicted molar refractivity (Wildman–Crippen MR) is 107 cm³/mol. The number of nitrogens with zero attached hydrogens (tertiary/aromatic N) is 2. The summed E-state index contributed by atoms with van der Waals surface area (Å²) < 4.78 is 2.38. The number of likely N-dealkylation sites (tertiary alicyclic amines) is 1. The number of hydrogen-bond donors (Lipinski definition) is 2. The number of nitrogens with one attached hydrogen (secondary N) is 1. The second-order valence-corrected chi connectivity index (χ2v) is 8.12. The van der Waals surface area contributed by atoms with Gasteiger partial charge in [0.05, 0.1) is 11.5 Å². The van der Waals surface area contributed by atoms with E-state index >= 15 is 0 Å². The van der Waals surface area contributed by atoms with Crippen molar-refractivity contribution >= 4 is 11.8 Å². The molecule has 1 aliphatic carbocycles. The van der Waals surface area contributed by atoms with Crippen molar-refractivity contribution in [2.75, 3.05) is 26.2 Å². The monoisotopic (exact) mass is 374 g/mol. The van der Waals surface area contributed by atoms with Crippen LogP contribution < -0.4 is 11.1 Å². The maximum atomic E-state index is 13.2. The van der Waals surface area contributed by atoms with E-state index in [1.165, 1.54) is 37.8 Å². The summed E-state index contributed by atoms with van der Waals surface area (Å²) in [6.45, 7) is 6.34. The summed E-state index contributed by atoms with van der Waals surface area (Å²) in [5, 5.41) is 2.86. The molecule has 2 heterocycles. The van der Waals surface area contributed by atoms with Crippen LogP contribution in [-0.4, -0.2) is 47.5 Å². The Bertz CT molecular complexity index is 676. The Balaban J connectivity index is 1.72. The Kier molecular flexibility index (Phi) is 6.58. The average Bonchev–Trinajstić information content (AvgIpc) is 3.00. The standard InChI is InChI=1S/C21H34N4O2/c1-15-13-19(16(2)25(15)18-8-4-3-5-9-18)21(27)24-12-6-7-17(14-24)20(26)23-11-10-22/h13,17-18H,3-12,14,22H2,1-2H3,(H,23,26). The Labute approximate surface area is 162 Å². The molecule has 3 N–H and O–H groups in total. The van der Waals surface area contributed by atoms with Gasteiger partial charge in [-0.2, -0.15) is 0 Å². The van der Waals surface area contributed by atoms with Gasteiger partial charge in [0.15, 0.2) is 0 Å². The SMILES string of the molecule is Cc1cc(C(=O)N2CCCC(C(=O)NCCN)C2)c(C)n1C1CCCCC1. The number of rotatable bonds is 5. The summed E-state index contributed by atoms with van der Waals surface area (Å²) >= 11 is 0. The van der Waals surface area contributed by atoms with Gasteiger partial charge in [0.2, 0.25) is 5.91 Å². The van der Waals surface area contributed by atoms with E-state index in [0.717, 1.165) is 30.6 Å². The number of aryl methyl sites for hydroxylation is 1. The van der Waals surface area contributed by atoms with Crippen LogP contribution in [-0.2, 0) is 4.79 Å². The van der Waals surface area contributed by atoms with Crippen molar-refractivity contribution in [3.05, 3.63) is 23.0 Å². The van der Waals surface area contributed by atoms with Gasteiger partial charge in [-0.1, -0.05) is 19.3 Å². The summed E-state index contributed by atoms with van der Waals surface area (Å²) in [7, 11) is 0. The van der Waals surface area contributed by atoms with Gasteiger partial charge < -0.3 is 20.5 Å². The van der Waals surface area contributed by atoms with Crippen molar-refractivity contribution in [2.24, 2.45) is 11.7 Å². The molecular formula is C21H34N4O2. The van der Waals surface area contributed by atoms with Gasteiger partial charge in [-0.15, -0.1) is 0 Å². The average molecular weight is 375 g/mol. The third-order valence-corrected chi connectivity index (χ3v) is 6.18. The quantitative estimate of drug-likeness (QED) is 0.831.